The number of ether oxygens (including phenoxy) is 1. The summed E-state index contributed by atoms with van der Waals surface area (Å²) in [5, 5.41) is 9.26. The van der Waals surface area contributed by atoms with E-state index in [2.05, 4.69) is 6.07 Å². The average molecular weight is 235 g/mol. The van der Waals surface area contributed by atoms with Crippen LogP contribution in [0.3, 0.4) is 0 Å². The maximum Gasteiger partial charge on any atom is 0.130 e. The van der Waals surface area contributed by atoms with Crippen molar-refractivity contribution >= 4 is 0 Å². The number of benzene rings is 1. The molecule has 4 heteroatoms. The van der Waals surface area contributed by atoms with Gasteiger partial charge in [-0.2, -0.15) is 5.26 Å². The van der Waals surface area contributed by atoms with Gasteiger partial charge in [0.15, 0.2) is 0 Å². The molecule has 0 spiro atoms. The normalized spacial score (nSPS) is 23.6. The van der Waals surface area contributed by atoms with E-state index in [0.717, 1.165) is 18.9 Å². The van der Waals surface area contributed by atoms with Gasteiger partial charge in [-0.3, -0.25) is 0 Å². The first-order chi connectivity index (χ1) is 8.13. The molecule has 2 fully saturated rings. The van der Waals surface area contributed by atoms with Crippen molar-refractivity contribution in [2.45, 2.75) is 18.3 Å². The lowest BCUT2D eigenvalue weighted by Gasteiger charge is -2.45. The Kier molecular flexibility index (Phi) is 2.05. The Morgan fingerprint density at radius 3 is 2.35 bits per heavy atom. The molecule has 0 aromatic heterocycles. The average Bonchev–Trinajstić information content (AvgIpc) is 3.01. The summed E-state index contributed by atoms with van der Waals surface area (Å²) in [6.07, 6.45) is 1.54. The molecule has 2 aliphatic rings. The molecular formula is C13H11F2NO. The molecule has 2 nitrogen and oxygen atoms in total. The zero-order valence-electron chi connectivity index (χ0n) is 9.17. The maximum atomic E-state index is 13.9. The molecule has 0 bridgehead atoms. The van der Waals surface area contributed by atoms with Crippen molar-refractivity contribution in [3.05, 3.63) is 35.4 Å². The molecule has 1 heterocycles. The highest BCUT2D eigenvalue weighted by Crippen LogP contribution is 2.62. The molecule has 1 aliphatic carbocycles. The van der Waals surface area contributed by atoms with E-state index in [1.165, 1.54) is 12.1 Å². The van der Waals surface area contributed by atoms with Gasteiger partial charge in [-0.25, -0.2) is 8.78 Å². The molecular weight excluding hydrogens is 224 g/mol. The van der Waals surface area contributed by atoms with Gasteiger partial charge >= 0.3 is 0 Å². The van der Waals surface area contributed by atoms with Gasteiger partial charge in [0, 0.05) is 11.6 Å². The topological polar surface area (TPSA) is 33.0 Å². The van der Waals surface area contributed by atoms with Crippen LogP contribution in [0.4, 0.5) is 8.78 Å². The first kappa shape index (κ1) is 10.7. The lowest BCUT2D eigenvalue weighted by atomic mass is 9.66. The third-order valence-electron chi connectivity index (χ3n) is 4.02. The quantitative estimate of drug-likeness (QED) is 0.789. The number of rotatable bonds is 2. The molecule has 1 saturated heterocycles. The zero-order chi connectivity index (χ0) is 12.1. The van der Waals surface area contributed by atoms with Crippen molar-refractivity contribution in [2.75, 3.05) is 13.2 Å². The summed E-state index contributed by atoms with van der Waals surface area (Å²) in [5.74, 6) is -1.17. The second-order valence-electron chi connectivity index (χ2n) is 4.89. The van der Waals surface area contributed by atoms with Crippen LogP contribution in [0.25, 0.3) is 0 Å². The van der Waals surface area contributed by atoms with Crippen LogP contribution in [0.15, 0.2) is 18.2 Å². The molecule has 1 aliphatic heterocycles. The lowest BCUT2D eigenvalue weighted by Crippen LogP contribution is -2.53. The van der Waals surface area contributed by atoms with E-state index < -0.39 is 22.5 Å². The molecule has 0 unspecified atom stereocenters. The summed E-state index contributed by atoms with van der Waals surface area (Å²) in [5.41, 5.74) is -0.659. The number of halogens is 2. The van der Waals surface area contributed by atoms with Crippen molar-refractivity contribution in [2.24, 2.45) is 5.41 Å². The molecule has 1 saturated carbocycles. The number of hydrogen-bond donors (Lipinski definition) is 0. The second-order valence-corrected chi connectivity index (χ2v) is 4.89. The van der Waals surface area contributed by atoms with E-state index >= 15 is 0 Å². The Balaban J connectivity index is 2.10. The van der Waals surface area contributed by atoms with Gasteiger partial charge < -0.3 is 4.74 Å². The molecule has 0 atom stereocenters. The summed E-state index contributed by atoms with van der Waals surface area (Å²) >= 11 is 0. The molecule has 1 aromatic rings. The molecule has 1 aromatic carbocycles. The Labute approximate surface area is 97.8 Å². The Morgan fingerprint density at radius 1 is 1.24 bits per heavy atom. The smallest absolute Gasteiger partial charge is 0.130 e. The number of nitrogens with zero attached hydrogens (tertiary/aromatic N) is 1. The molecule has 3 rings (SSSR count). The minimum absolute atomic E-state index is 0.350. The van der Waals surface area contributed by atoms with Crippen LogP contribution in [-0.4, -0.2) is 13.2 Å². The predicted molar refractivity (Wildman–Crippen MR) is 56.1 cm³/mol. The van der Waals surface area contributed by atoms with Crippen molar-refractivity contribution in [1.29, 1.82) is 5.26 Å². The van der Waals surface area contributed by atoms with E-state index in [9.17, 15) is 14.0 Å². The van der Waals surface area contributed by atoms with E-state index in [0.29, 0.717) is 18.8 Å². The third kappa shape index (κ3) is 1.26. The van der Waals surface area contributed by atoms with Gasteiger partial charge in [0.05, 0.1) is 30.1 Å². The van der Waals surface area contributed by atoms with Gasteiger partial charge in [0.1, 0.15) is 11.6 Å². The van der Waals surface area contributed by atoms with Crippen LogP contribution in [0.2, 0.25) is 0 Å². The van der Waals surface area contributed by atoms with Crippen LogP contribution in [-0.2, 0) is 10.2 Å². The SMILES string of the molecule is N#CC1(C2(c3ccc(F)cc3F)COC2)CC1. The van der Waals surface area contributed by atoms with Crippen LogP contribution in [0.5, 0.6) is 0 Å². The Morgan fingerprint density at radius 2 is 1.94 bits per heavy atom. The monoisotopic (exact) mass is 235 g/mol. The lowest BCUT2D eigenvalue weighted by molar-refractivity contribution is -0.0883. The highest BCUT2D eigenvalue weighted by molar-refractivity contribution is 5.39. The minimum Gasteiger partial charge on any atom is -0.379 e. The molecule has 17 heavy (non-hydrogen) atoms. The Hall–Kier alpha value is -1.47. The van der Waals surface area contributed by atoms with E-state index in [1.54, 1.807) is 0 Å². The highest BCUT2D eigenvalue weighted by Gasteiger charge is 2.65. The summed E-state index contributed by atoms with van der Waals surface area (Å²) in [4.78, 5) is 0. The first-order valence-electron chi connectivity index (χ1n) is 5.58. The van der Waals surface area contributed by atoms with Crippen molar-refractivity contribution in [1.82, 2.24) is 0 Å². The number of nitriles is 1. The van der Waals surface area contributed by atoms with Crippen LogP contribution in [0.1, 0.15) is 18.4 Å². The largest absolute Gasteiger partial charge is 0.379 e. The van der Waals surface area contributed by atoms with Crippen LogP contribution < -0.4 is 0 Å². The summed E-state index contributed by atoms with van der Waals surface area (Å²) < 4.78 is 32.0. The van der Waals surface area contributed by atoms with Gasteiger partial charge in [-0.15, -0.1) is 0 Å². The molecule has 0 N–H and O–H groups in total. The summed E-state index contributed by atoms with van der Waals surface area (Å²) in [7, 11) is 0. The minimum atomic E-state index is -0.594. The second kappa shape index (κ2) is 3.27. The zero-order valence-corrected chi connectivity index (χ0v) is 9.17. The van der Waals surface area contributed by atoms with Crippen molar-refractivity contribution in [3.63, 3.8) is 0 Å². The van der Waals surface area contributed by atoms with Crippen LogP contribution in [0, 0.1) is 28.4 Å². The molecule has 0 amide bonds. The van der Waals surface area contributed by atoms with E-state index in [-0.39, 0.29) is 0 Å². The highest BCUT2D eigenvalue weighted by atomic mass is 19.1. The predicted octanol–water partition coefficient (Wildman–Crippen LogP) is 2.54. The van der Waals surface area contributed by atoms with Gasteiger partial charge in [-0.05, 0) is 18.9 Å². The van der Waals surface area contributed by atoms with Gasteiger partial charge in [0.25, 0.3) is 0 Å². The fourth-order valence-corrected chi connectivity index (χ4v) is 2.70. The fourth-order valence-electron chi connectivity index (χ4n) is 2.70. The van der Waals surface area contributed by atoms with Crippen molar-refractivity contribution < 1.29 is 13.5 Å². The van der Waals surface area contributed by atoms with Crippen LogP contribution >= 0.6 is 0 Å². The van der Waals surface area contributed by atoms with E-state index in [1.807, 2.05) is 0 Å². The van der Waals surface area contributed by atoms with Gasteiger partial charge in [-0.1, -0.05) is 6.07 Å². The summed E-state index contributed by atoms with van der Waals surface area (Å²) in [6.45, 7) is 0.701. The molecule has 0 radical (unpaired) electrons. The summed E-state index contributed by atoms with van der Waals surface area (Å²) in [6, 6.07) is 5.86. The maximum absolute atomic E-state index is 13.9. The van der Waals surface area contributed by atoms with Gasteiger partial charge in [0.2, 0.25) is 0 Å². The van der Waals surface area contributed by atoms with E-state index in [4.69, 9.17) is 4.74 Å². The number of hydrogen-bond acceptors (Lipinski definition) is 2. The fraction of sp³-hybridized carbons (Fsp3) is 0.462. The standard InChI is InChI=1S/C13H11F2NO/c14-9-1-2-10(11(15)5-9)13(7-17-8-13)12(6-16)3-4-12/h1-2,5H,3-4,7-8H2. The first-order valence-corrected chi connectivity index (χ1v) is 5.58. The van der Waals surface area contributed by atoms with Crippen molar-refractivity contribution in [3.8, 4) is 6.07 Å². The Bertz CT molecular complexity index is 513. The third-order valence-corrected chi connectivity index (χ3v) is 4.02. The molecule has 88 valence electrons.